The quantitative estimate of drug-likeness (QED) is 0.492. The van der Waals surface area contributed by atoms with Gasteiger partial charge in [0.1, 0.15) is 0 Å². The molecule has 0 saturated heterocycles. The molecule has 1 fully saturated rings. The van der Waals surface area contributed by atoms with Gasteiger partial charge in [0.25, 0.3) is 0 Å². The second-order valence-electron chi connectivity index (χ2n) is 5.46. The van der Waals surface area contributed by atoms with Crippen LogP contribution in [0.25, 0.3) is 0 Å². The fourth-order valence-electron chi connectivity index (χ4n) is 2.19. The van der Waals surface area contributed by atoms with E-state index in [2.05, 4.69) is 27.7 Å². The molecule has 0 spiro atoms. The lowest BCUT2D eigenvalue weighted by Crippen LogP contribution is -2.53. The number of hydrogen-bond donors (Lipinski definition) is 0. The van der Waals surface area contributed by atoms with Gasteiger partial charge in [0.05, 0.1) is 6.10 Å². The van der Waals surface area contributed by atoms with E-state index in [9.17, 15) is 0 Å². The molecule has 0 aliphatic heterocycles. The van der Waals surface area contributed by atoms with Crippen LogP contribution in [-0.4, -0.2) is 18.1 Å². The molecular weight excluding hydrogens is 208 g/mol. The van der Waals surface area contributed by atoms with E-state index in [1.807, 2.05) is 0 Å². The summed E-state index contributed by atoms with van der Waals surface area (Å²) in [6.45, 7) is 9.88. The highest BCUT2D eigenvalue weighted by atomic mass is 35.5. The first-order valence-corrected chi connectivity index (χ1v) is 6.70. The highest BCUT2D eigenvalue weighted by Gasteiger charge is 2.50. The van der Waals surface area contributed by atoms with Crippen LogP contribution >= 0.6 is 11.6 Å². The van der Waals surface area contributed by atoms with Gasteiger partial charge in [-0.2, -0.15) is 0 Å². The molecule has 1 rings (SSSR count). The topological polar surface area (TPSA) is 9.23 Å². The summed E-state index contributed by atoms with van der Waals surface area (Å²) in [5, 5.41) is 0.317. The van der Waals surface area contributed by atoms with Crippen LogP contribution in [0.1, 0.15) is 53.4 Å². The molecule has 0 aromatic carbocycles. The van der Waals surface area contributed by atoms with Crippen molar-refractivity contribution in [2.75, 3.05) is 6.61 Å². The third-order valence-electron chi connectivity index (χ3n) is 3.88. The van der Waals surface area contributed by atoms with E-state index in [1.54, 1.807) is 0 Å². The van der Waals surface area contributed by atoms with Gasteiger partial charge in [0.15, 0.2) is 0 Å². The summed E-state index contributed by atoms with van der Waals surface area (Å²) in [6.07, 6.45) is 5.00. The molecule has 3 atom stereocenters. The zero-order valence-electron chi connectivity index (χ0n) is 10.6. The Morgan fingerprint density at radius 2 is 2.13 bits per heavy atom. The normalized spacial score (nSPS) is 35.6. The number of alkyl halides is 1. The van der Waals surface area contributed by atoms with E-state index in [4.69, 9.17) is 16.3 Å². The molecule has 0 radical (unpaired) electrons. The van der Waals surface area contributed by atoms with E-state index >= 15 is 0 Å². The Morgan fingerprint density at radius 1 is 1.47 bits per heavy atom. The summed E-state index contributed by atoms with van der Waals surface area (Å²) in [5.41, 5.74) is 0.222. The van der Waals surface area contributed by atoms with Gasteiger partial charge in [-0.3, -0.25) is 0 Å². The minimum Gasteiger partial charge on any atom is -0.378 e. The summed E-state index contributed by atoms with van der Waals surface area (Å²) < 4.78 is 5.92. The zero-order valence-corrected chi connectivity index (χ0v) is 11.3. The lowest BCUT2D eigenvalue weighted by Gasteiger charge is -2.50. The van der Waals surface area contributed by atoms with Crippen LogP contribution in [-0.2, 0) is 4.74 Å². The van der Waals surface area contributed by atoms with Crippen LogP contribution in [0.5, 0.6) is 0 Å². The number of rotatable bonds is 6. The van der Waals surface area contributed by atoms with Gasteiger partial charge in [-0.05, 0) is 31.6 Å². The molecule has 3 unspecified atom stereocenters. The highest BCUT2D eigenvalue weighted by molar-refractivity contribution is 6.21. The molecule has 0 N–H and O–H groups in total. The average Bonchev–Trinajstić information content (AvgIpc) is 2.20. The van der Waals surface area contributed by atoms with Crippen molar-refractivity contribution in [3.05, 3.63) is 0 Å². The summed E-state index contributed by atoms with van der Waals surface area (Å²) in [7, 11) is 0. The van der Waals surface area contributed by atoms with E-state index in [0.29, 0.717) is 11.5 Å². The standard InChI is InChI=1S/C13H25ClO/c1-5-13(4)11(14)9-12(13)15-8-6-7-10(2)3/h10-12H,5-9H2,1-4H3. The maximum Gasteiger partial charge on any atom is 0.0656 e. The molecule has 1 saturated carbocycles. The van der Waals surface area contributed by atoms with E-state index in [-0.39, 0.29) is 5.41 Å². The molecule has 90 valence electrons. The number of hydrogen-bond acceptors (Lipinski definition) is 1. The minimum atomic E-state index is 0.222. The van der Waals surface area contributed by atoms with Crippen molar-refractivity contribution < 1.29 is 4.74 Å². The van der Waals surface area contributed by atoms with Gasteiger partial charge in [0.2, 0.25) is 0 Å². The lowest BCUT2D eigenvalue weighted by molar-refractivity contribution is -0.101. The molecule has 0 amide bonds. The molecular formula is C13H25ClO. The Morgan fingerprint density at radius 3 is 2.60 bits per heavy atom. The van der Waals surface area contributed by atoms with Gasteiger partial charge >= 0.3 is 0 Å². The molecule has 2 heteroatoms. The second-order valence-corrected chi connectivity index (χ2v) is 5.98. The Hall–Kier alpha value is 0.250. The van der Waals surface area contributed by atoms with Crippen molar-refractivity contribution in [2.45, 2.75) is 64.9 Å². The third-order valence-corrected chi connectivity index (χ3v) is 4.56. The molecule has 0 heterocycles. The Balaban J connectivity index is 2.18. The maximum absolute atomic E-state index is 6.23. The van der Waals surface area contributed by atoms with Crippen molar-refractivity contribution in [3.63, 3.8) is 0 Å². The summed E-state index contributed by atoms with van der Waals surface area (Å²) in [6, 6.07) is 0. The summed E-state index contributed by atoms with van der Waals surface area (Å²) in [5.74, 6) is 0.785. The van der Waals surface area contributed by atoms with Crippen molar-refractivity contribution in [3.8, 4) is 0 Å². The van der Waals surface area contributed by atoms with E-state index in [0.717, 1.165) is 25.4 Å². The molecule has 1 nitrogen and oxygen atoms in total. The van der Waals surface area contributed by atoms with Crippen LogP contribution in [0.4, 0.5) is 0 Å². The van der Waals surface area contributed by atoms with Gasteiger partial charge in [0, 0.05) is 17.4 Å². The first-order chi connectivity index (χ1) is 7.00. The maximum atomic E-state index is 6.23. The SMILES string of the molecule is CCC1(C)C(Cl)CC1OCCCC(C)C. The Kier molecular flexibility index (Phi) is 4.92. The largest absolute Gasteiger partial charge is 0.378 e. The van der Waals surface area contributed by atoms with Crippen molar-refractivity contribution >= 4 is 11.6 Å². The zero-order chi connectivity index (χ0) is 11.5. The molecule has 0 aromatic heterocycles. The summed E-state index contributed by atoms with van der Waals surface area (Å²) >= 11 is 6.23. The average molecular weight is 233 g/mol. The minimum absolute atomic E-state index is 0.222. The van der Waals surface area contributed by atoms with Gasteiger partial charge in [-0.25, -0.2) is 0 Å². The predicted molar refractivity (Wildman–Crippen MR) is 66.5 cm³/mol. The van der Waals surface area contributed by atoms with Crippen molar-refractivity contribution in [2.24, 2.45) is 11.3 Å². The number of ether oxygens (including phenoxy) is 1. The van der Waals surface area contributed by atoms with Gasteiger partial charge < -0.3 is 4.74 Å². The molecule has 0 bridgehead atoms. The monoisotopic (exact) mass is 232 g/mol. The highest BCUT2D eigenvalue weighted by Crippen LogP contribution is 2.49. The second kappa shape index (κ2) is 5.54. The lowest BCUT2D eigenvalue weighted by atomic mass is 9.65. The van der Waals surface area contributed by atoms with Crippen LogP contribution in [0.15, 0.2) is 0 Å². The molecule has 0 aromatic rings. The Bertz CT molecular complexity index is 193. The smallest absolute Gasteiger partial charge is 0.0656 e. The van der Waals surface area contributed by atoms with Crippen LogP contribution in [0.2, 0.25) is 0 Å². The Labute approximate surface area is 99.5 Å². The van der Waals surface area contributed by atoms with Crippen LogP contribution in [0.3, 0.4) is 0 Å². The number of halogens is 1. The van der Waals surface area contributed by atoms with Crippen molar-refractivity contribution in [1.82, 2.24) is 0 Å². The van der Waals surface area contributed by atoms with Crippen molar-refractivity contribution in [1.29, 1.82) is 0 Å². The van der Waals surface area contributed by atoms with Gasteiger partial charge in [-0.1, -0.05) is 27.7 Å². The molecule has 1 aliphatic carbocycles. The van der Waals surface area contributed by atoms with E-state index < -0.39 is 0 Å². The fraction of sp³-hybridized carbons (Fsp3) is 1.00. The van der Waals surface area contributed by atoms with Crippen LogP contribution < -0.4 is 0 Å². The predicted octanol–water partition coefficient (Wildman–Crippen LogP) is 4.24. The van der Waals surface area contributed by atoms with E-state index in [1.165, 1.54) is 12.8 Å². The molecule has 1 aliphatic rings. The molecule has 15 heavy (non-hydrogen) atoms. The first kappa shape index (κ1) is 13.3. The van der Waals surface area contributed by atoms with Gasteiger partial charge in [-0.15, -0.1) is 11.6 Å². The third kappa shape index (κ3) is 3.10. The summed E-state index contributed by atoms with van der Waals surface area (Å²) in [4.78, 5) is 0. The van der Waals surface area contributed by atoms with Crippen LogP contribution in [0, 0.1) is 11.3 Å². The fourth-order valence-corrected chi connectivity index (χ4v) is 2.65. The first-order valence-electron chi connectivity index (χ1n) is 6.26.